The van der Waals surface area contributed by atoms with Gasteiger partial charge in [-0.15, -0.1) is 0 Å². The van der Waals surface area contributed by atoms with Crippen LogP contribution in [-0.2, 0) is 29.1 Å². The number of fused-ring (bicyclic) bond motifs is 3. The van der Waals surface area contributed by atoms with Gasteiger partial charge in [-0.1, -0.05) is 152 Å². The van der Waals surface area contributed by atoms with E-state index in [9.17, 15) is 0 Å². The van der Waals surface area contributed by atoms with Gasteiger partial charge in [0.15, 0.2) is 0 Å². The number of benzene rings is 4. The van der Waals surface area contributed by atoms with Crippen LogP contribution in [0.1, 0.15) is 137 Å². The van der Waals surface area contributed by atoms with E-state index in [-0.39, 0.29) is 16.2 Å². The number of aryl methyl sites for hydroxylation is 4. The van der Waals surface area contributed by atoms with Crippen LogP contribution in [0.4, 0.5) is 0 Å². The largest absolute Gasteiger partial charge is 0.0714 e. The Bertz CT molecular complexity index is 1490. The first-order valence-corrected chi connectivity index (χ1v) is 16.8. The first-order chi connectivity index (χ1) is 20.3. The average Bonchev–Trinajstić information content (AvgIpc) is 3.23. The van der Waals surface area contributed by atoms with Crippen molar-refractivity contribution in [2.75, 3.05) is 0 Å². The molecule has 0 aromatic heterocycles. The summed E-state index contributed by atoms with van der Waals surface area (Å²) in [6.07, 6.45) is 7.08. The summed E-state index contributed by atoms with van der Waals surface area (Å²) in [6.45, 7) is 23.4. The molecule has 0 nitrogen and oxygen atoms in total. The van der Waals surface area contributed by atoms with Crippen molar-refractivity contribution >= 4 is 0 Å². The van der Waals surface area contributed by atoms with Crippen LogP contribution in [0, 0.1) is 13.8 Å². The number of rotatable bonds is 8. The maximum Gasteiger partial charge on any atom is 0.0714 e. The molecule has 0 heterocycles. The Labute approximate surface area is 263 Å². The molecular formula is C43H54. The lowest BCUT2D eigenvalue weighted by Crippen LogP contribution is -2.31. The minimum atomic E-state index is -0.382. The van der Waals surface area contributed by atoms with Crippen LogP contribution in [-0.4, -0.2) is 0 Å². The fraction of sp³-hybridized carbons (Fsp3) is 0.442. The van der Waals surface area contributed by atoms with Gasteiger partial charge in [0, 0.05) is 0 Å². The van der Waals surface area contributed by atoms with Gasteiger partial charge < -0.3 is 0 Å². The molecule has 0 fully saturated rings. The topological polar surface area (TPSA) is 0 Å². The zero-order valence-electron chi connectivity index (χ0n) is 28.7. The van der Waals surface area contributed by atoms with Gasteiger partial charge >= 0.3 is 0 Å². The van der Waals surface area contributed by atoms with Gasteiger partial charge in [-0.2, -0.15) is 0 Å². The summed E-state index contributed by atoms with van der Waals surface area (Å²) in [5.74, 6) is 0. The van der Waals surface area contributed by atoms with Crippen molar-refractivity contribution < 1.29 is 0 Å². The Morgan fingerprint density at radius 2 is 0.907 bits per heavy atom. The van der Waals surface area contributed by atoms with Crippen LogP contribution < -0.4 is 0 Å². The molecule has 0 bridgehead atoms. The van der Waals surface area contributed by atoms with Crippen LogP contribution in [0.15, 0.2) is 72.8 Å². The second-order valence-corrected chi connectivity index (χ2v) is 15.4. The van der Waals surface area contributed by atoms with Crippen molar-refractivity contribution in [3.8, 4) is 11.1 Å². The normalized spacial score (nSPS) is 14.1. The third-order valence-corrected chi connectivity index (χ3v) is 9.67. The second kappa shape index (κ2) is 11.8. The van der Waals surface area contributed by atoms with E-state index in [1.165, 1.54) is 92.4 Å². The number of unbranched alkanes of at least 4 members (excludes halogenated alkanes) is 2. The van der Waals surface area contributed by atoms with Crippen molar-refractivity contribution in [2.24, 2.45) is 0 Å². The zero-order chi connectivity index (χ0) is 31.2. The van der Waals surface area contributed by atoms with Gasteiger partial charge in [-0.05, 0) is 106 Å². The summed E-state index contributed by atoms with van der Waals surface area (Å²) in [4.78, 5) is 0. The SMILES string of the molecule is CCCCc1cc(C(C)(C)C)cc(C2(c3cc(CCCC)cc(C(C)(C)C)c3)c3cc(C)ccc3-c3ccc(C)cc32)c1. The molecule has 1 aliphatic carbocycles. The van der Waals surface area contributed by atoms with E-state index in [0.717, 1.165) is 12.8 Å². The average molecular weight is 571 g/mol. The van der Waals surface area contributed by atoms with Gasteiger partial charge in [0.2, 0.25) is 0 Å². The minimum absolute atomic E-state index is 0.0567. The fourth-order valence-electron chi connectivity index (χ4n) is 7.07. The molecule has 0 spiro atoms. The van der Waals surface area contributed by atoms with E-state index < -0.39 is 0 Å². The second-order valence-electron chi connectivity index (χ2n) is 15.4. The molecule has 0 heteroatoms. The molecule has 4 aromatic rings. The highest BCUT2D eigenvalue weighted by Gasteiger charge is 2.47. The van der Waals surface area contributed by atoms with Crippen LogP contribution in [0.3, 0.4) is 0 Å². The first-order valence-electron chi connectivity index (χ1n) is 16.8. The molecule has 0 aliphatic heterocycles. The van der Waals surface area contributed by atoms with Crippen molar-refractivity contribution in [1.29, 1.82) is 0 Å². The fourth-order valence-corrected chi connectivity index (χ4v) is 7.07. The predicted molar refractivity (Wildman–Crippen MR) is 188 cm³/mol. The third-order valence-electron chi connectivity index (χ3n) is 9.67. The molecule has 0 amide bonds. The molecule has 0 saturated heterocycles. The molecule has 5 rings (SSSR count). The number of hydrogen-bond acceptors (Lipinski definition) is 0. The summed E-state index contributed by atoms with van der Waals surface area (Å²) < 4.78 is 0. The van der Waals surface area contributed by atoms with E-state index >= 15 is 0 Å². The Balaban J connectivity index is 1.98. The number of hydrogen-bond donors (Lipinski definition) is 0. The van der Waals surface area contributed by atoms with Crippen molar-refractivity contribution in [2.45, 2.75) is 124 Å². The van der Waals surface area contributed by atoms with Crippen LogP contribution in [0.25, 0.3) is 11.1 Å². The summed E-state index contributed by atoms with van der Waals surface area (Å²) in [6, 6.07) is 29.6. The van der Waals surface area contributed by atoms with Gasteiger partial charge in [0.1, 0.15) is 0 Å². The molecule has 0 N–H and O–H groups in total. The highest BCUT2D eigenvalue weighted by molar-refractivity contribution is 5.87. The van der Waals surface area contributed by atoms with E-state index in [2.05, 4.69) is 142 Å². The van der Waals surface area contributed by atoms with E-state index in [1.807, 2.05) is 0 Å². The molecule has 0 radical (unpaired) electrons. The monoisotopic (exact) mass is 570 g/mol. The summed E-state index contributed by atoms with van der Waals surface area (Å²) in [7, 11) is 0. The van der Waals surface area contributed by atoms with Gasteiger partial charge in [-0.25, -0.2) is 0 Å². The van der Waals surface area contributed by atoms with Crippen LogP contribution in [0.2, 0.25) is 0 Å². The molecule has 4 aromatic carbocycles. The summed E-state index contributed by atoms with van der Waals surface area (Å²) in [5.41, 5.74) is 16.7. The third kappa shape index (κ3) is 5.87. The van der Waals surface area contributed by atoms with E-state index in [0.29, 0.717) is 0 Å². The van der Waals surface area contributed by atoms with E-state index in [1.54, 1.807) is 0 Å². The maximum absolute atomic E-state index is 2.57. The van der Waals surface area contributed by atoms with Crippen molar-refractivity contribution in [3.05, 3.63) is 128 Å². The van der Waals surface area contributed by atoms with Gasteiger partial charge in [0.05, 0.1) is 5.41 Å². The lowest BCUT2D eigenvalue weighted by molar-refractivity contribution is 0.582. The molecule has 226 valence electrons. The quantitative estimate of drug-likeness (QED) is 0.174. The van der Waals surface area contributed by atoms with Gasteiger partial charge in [-0.3, -0.25) is 0 Å². The lowest BCUT2D eigenvalue weighted by atomic mass is 9.65. The van der Waals surface area contributed by atoms with Crippen LogP contribution in [0.5, 0.6) is 0 Å². The smallest absolute Gasteiger partial charge is 0.0654 e. The minimum Gasteiger partial charge on any atom is -0.0654 e. The molecule has 0 saturated carbocycles. The van der Waals surface area contributed by atoms with E-state index in [4.69, 9.17) is 0 Å². The van der Waals surface area contributed by atoms with Gasteiger partial charge in [0.25, 0.3) is 0 Å². The molecule has 43 heavy (non-hydrogen) atoms. The Morgan fingerprint density at radius 1 is 0.512 bits per heavy atom. The van der Waals surface area contributed by atoms with Crippen molar-refractivity contribution in [3.63, 3.8) is 0 Å². The Morgan fingerprint density at radius 3 is 1.26 bits per heavy atom. The summed E-state index contributed by atoms with van der Waals surface area (Å²) in [5, 5.41) is 0. The molecular weight excluding hydrogens is 516 g/mol. The van der Waals surface area contributed by atoms with Crippen LogP contribution >= 0.6 is 0 Å². The molecule has 0 atom stereocenters. The maximum atomic E-state index is 2.57. The summed E-state index contributed by atoms with van der Waals surface area (Å²) >= 11 is 0. The lowest BCUT2D eigenvalue weighted by Gasteiger charge is -2.37. The highest BCUT2D eigenvalue weighted by Crippen LogP contribution is 2.57. The standard InChI is InChI=1S/C43H54/c1-11-13-15-31-23-33(41(5,6)7)27-35(25-31)43(36-26-32(16-14-12-2)24-34(28-36)42(8,9)10)39-21-29(3)17-19-37(39)38-20-18-30(4)22-40(38)43/h17-28H,11-16H2,1-10H3. The Kier molecular flexibility index (Phi) is 8.56. The molecule has 0 unspecified atom stereocenters. The molecule has 1 aliphatic rings. The van der Waals surface area contributed by atoms with Crippen molar-refractivity contribution in [1.82, 2.24) is 0 Å². The first kappa shape index (κ1) is 31.3. The Hall–Kier alpha value is -3.12. The predicted octanol–water partition coefficient (Wildman–Crippen LogP) is 11.9. The highest BCUT2D eigenvalue weighted by atomic mass is 14.5. The zero-order valence-corrected chi connectivity index (χ0v) is 28.7.